The molecule has 0 fully saturated rings. The van der Waals surface area contributed by atoms with E-state index < -0.39 is 5.82 Å². The van der Waals surface area contributed by atoms with Gasteiger partial charge in [0.2, 0.25) is 5.91 Å². The van der Waals surface area contributed by atoms with E-state index in [2.05, 4.69) is 22.3 Å². The molecule has 0 aliphatic heterocycles. The van der Waals surface area contributed by atoms with Crippen molar-refractivity contribution >= 4 is 17.3 Å². The minimum Gasteiger partial charge on any atom is -0.325 e. The van der Waals surface area contributed by atoms with Gasteiger partial charge in [-0.3, -0.25) is 4.79 Å². The summed E-state index contributed by atoms with van der Waals surface area (Å²) in [4.78, 5) is 22.3. The molecule has 21 heavy (non-hydrogen) atoms. The molecule has 1 amide bonds. The lowest BCUT2D eigenvalue weighted by Gasteiger charge is -2.10. The summed E-state index contributed by atoms with van der Waals surface area (Å²) in [6.07, 6.45) is 1.02. The van der Waals surface area contributed by atoms with E-state index in [1.54, 1.807) is 0 Å². The molecule has 1 aromatic carbocycles. The molecule has 0 aliphatic rings. The number of nitrogens with one attached hydrogen (secondary N) is 1. The van der Waals surface area contributed by atoms with E-state index in [-0.39, 0.29) is 22.7 Å². The van der Waals surface area contributed by atoms with Crippen molar-refractivity contribution in [3.05, 3.63) is 28.4 Å². The molecule has 0 atom stereocenters. The van der Waals surface area contributed by atoms with Crippen LogP contribution in [-0.4, -0.2) is 5.91 Å². The summed E-state index contributed by atoms with van der Waals surface area (Å²) in [5.74, 6) is 4.86. The van der Waals surface area contributed by atoms with Crippen LogP contribution in [0.25, 0.3) is 0 Å². The second-order valence-corrected chi connectivity index (χ2v) is 5.74. The fraction of sp³-hybridized carbons (Fsp3) is 0.438. The van der Waals surface area contributed by atoms with E-state index in [9.17, 15) is 14.1 Å². The van der Waals surface area contributed by atoms with Crippen molar-refractivity contribution < 1.29 is 9.18 Å². The number of nitroso groups, excluding NO2 is 1. The van der Waals surface area contributed by atoms with Crippen LogP contribution in [0.15, 0.2) is 17.3 Å². The molecule has 1 aromatic rings. The number of halogens is 1. The minimum atomic E-state index is -0.780. The standard InChI is InChI=1S/C16H19FN2O2/c1-5-6-15(20)18-13-10-12(17)14(19-21)9-11(13)7-8-16(2,3)4/h9-10H,5-6H2,1-4H3,(H,18,20). The highest BCUT2D eigenvalue weighted by Gasteiger charge is 2.12. The Morgan fingerprint density at radius 1 is 1.38 bits per heavy atom. The molecule has 1 rings (SSSR count). The van der Waals surface area contributed by atoms with Gasteiger partial charge >= 0.3 is 0 Å². The quantitative estimate of drug-likeness (QED) is 0.661. The van der Waals surface area contributed by atoms with Gasteiger partial charge in [-0.05, 0) is 38.4 Å². The van der Waals surface area contributed by atoms with E-state index >= 15 is 0 Å². The fourth-order valence-electron chi connectivity index (χ4n) is 1.53. The molecule has 5 heteroatoms. The maximum Gasteiger partial charge on any atom is 0.224 e. The summed E-state index contributed by atoms with van der Waals surface area (Å²) in [5, 5.41) is 5.24. The van der Waals surface area contributed by atoms with Crippen molar-refractivity contribution in [3.63, 3.8) is 0 Å². The maximum atomic E-state index is 13.6. The number of carbonyl (C=O) groups is 1. The number of nitrogens with zero attached hydrogens (tertiary/aromatic N) is 1. The Morgan fingerprint density at radius 3 is 2.57 bits per heavy atom. The van der Waals surface area contributed by atoms with E-state index in [4.69, 9.17) is 0 Å². The van der Waals surface area contributed by atoms with Crippen LogP contribution in [0.2, 0.25) is 0 Å². The van der Waals surface area contributed by atoms with Crippen LogP contribution in [0.5, 0.6) is 0 Å². The van der Waals surface area contributed by atoms with Crippen molar-refractivity contribution in [3.8, 4) is 11.8 Å². The van der Waals surface area contributed by atoms with Gasteiger partial charge in [-0.15, -0.1) is 4.91 Å². The number of carbonyl (C=O) groups excluding carboxylic acids is 1. The Labute approximate surface area is 124 Å². The first-order chi connectivity index (χ1) is 9.76. The number of hydrogen-bond donors (Lipinski definition) is 1. The molecule has 4 nitrogen and oxygen atoms in total. The third kappa shape index (κ3) is 5.35. The summed E-state index contributed by atoms with van der Waals surface area (Å²) >= 11 is 0. The average Bonchev–Trinajstić information content (AvgIpc) is 2.37. The molecule has 0 unspecified atom stereocenters. The number of rotatable bonds is 4. The van der Waals surface area contributed by atoms with Crippen molar-refractivity contribution in [1.82, 2.24) is 0 Å². The molecule has 0 radical (unpaired) electrons. The Hall–Kier alpha value is -2.22. The largest absolute Gasteiger partial charge is 0.325 e. The highest BCUT2D eigenvalue weighted by molar-refractivity contribution is 5.92. The van der Waals surface area contributed by atoms with Crippen LogP contribution in [0.3, 0.4) is 0 Å². The monoisotopic (exact) mass is 290 g/mol. The number of amides is 1. The highest BCUT2D eigenvalue weighted by Crippen LogP contribution is 2.26. The lowest BCUT2D eigenvalue weighted by atomic mass is 9.97. The summed E-state index contributed by atoms with van der Waals surface area (Å²) in [7, 11) is 0. The number of anilines is 1. The zero-order chi connectivity index (χ0) is 16.0. The van der Waals surface area contributed by atoms with E-state index in [1.165, 1.54) is 6.07 Å². The lowest BCUT2D eigenvalue weighted by molar-refractivity contribution is -0.116. The van der Waals surface area contributed by atoms with Crippen LogP contribution in [0.1, 0.15) is 46.1 Å². The molecule has 0 aliphatic carbocycles. The van der Waals surface area contributed by atoms with Gasteiger partial charge in [0.05, 0.1) is 11.3 Å². The topological polar surface area (TPSA) is 58.5 Å². The average molecular weight is 290 g/mol. The fourth-order valence-corrected chi connectivity index (χ4v) is 1.53. The normalized spacial score (nSPS) is 10.5. The van der Waals surface area contributed by atoms with Crippen LogP contribution in [0, 0.1) is 28.0 Å². The SMILES string of the molecule is CCCC(=O)Nc1cc(F)c(N=O)cc1C#CC(C)(C)C. The predicted molar refractivity (Wildman–Crippen MR) is 81.7 cm³/mol. The zero-order valence-corrected chi connectivity index (χ0v) is 12.7. The van der Waals surface area contributed by atoms with E-state index in [1.807, 2.05) is 27.7 Å². The Balaban J connectivity index is 3.26. The molecule has 112 valence electrons. The number of benzene rings is 1. The van der Waals surface area contributed by atoms with Gasteiger partial charge in [0.15, 0.2) is 5.82 Å². The molecule has 0 spiro atoms. The van der Waals surface area contributed by atoms with Gasteiger partial charge in [-0.25, -0.2) is 4.39 Å². The first kappa shape index (κ1) is 16.8. The highest BCUT2D eigenvalue weighted by atomic mass is 19.1. The minimum absolute atomic E-state index is 0.220. The molecule has 0 aromatic heterocycles. The van der Waals surface area contributed by atoms with Gasteiger partial charge in [0.1, 0.15) is 5.69 Å². The predicted octanol–water partition coefficient (Wildman–Crippen LogP) is 4.36. The smallest absolute Gasteiger partial charge is 0.224 e. The molecular formula is C16H19FN2O2. The van der Waals surface area contributed by atoms with Gasteiger partial charge in [0.25, 0.3) is 0 Å². The molecule has 0 bridgehead atoms. The summed E-state index contributed by atoms with van der Waals surface area (Å²) in [6.45, 7) is 7.66. The van der Waals surface area contributed by atoms with E-state index in [0.29, 0.717) is 18.4 Å². The van der Waals surface area contributed by atoms with Crippen molar-refractivity contribution in [2.75, 3.05) is 5.32 Å². The Kier molecular flexibility index (Phi) is 5.60. The van der Waals surface area contributed by atoms with Crippen LogP contribution in [0.4, 0.5) is 15.8 Å². The van der Waals surface area contributed by atoms with Gasteiger partial charge in [-0.2, -0.15) is 0 Å². The maximum absolute atomic E-state index is 13.6. The van der Waals surface area contributed by atoms with Crippen LogP contribution >= 0.6 is 0 Å². The molecule has 0 heterocycles. The molecule has 1 N–H and O–H groups in total. The third-order valence-corrected chi connectivity index (χ3v) is 2.51. The first-order valence-corrected chi connectivity index (χ1v) is 6.76. The molecule has 0 saturated heterocycles. The summed E-state index contributed by atoms with van der Waals surface area (Å²) in [5.41, 5.74) is 0.0654. The summed E-state index contributed by atoms with van der Waals surface area (Å²) < 4.78 is 13.6. The van der Waals surface area contributed by atoms with Gasteiger partial charge in [-0.1, -0.05) is 18.8 Å². The van der Waals surface area contributed by atoms with Crippen molar-refractivity contribution in [2.24, 2.45) is 10.6 Å². The van der Waals surface area contributed by atoms with Crippen molar-refractivity contribution in [1.29, 1.82) is 0 Å². The summed E-state index contributed by atoms with van der Waals surface area (Å²) in [6, 6.07) is 2.33. The van der Waals surface area contributed by atoms with Gasteiger partial charge in [0, 0.05) is 17.9 Å². The lowest BCUT2D eigenvalue weighted by Crippen LogP contribution is -2.12. The Bertz CT molecular complexity index is 607. The van der Waals surface area contributed by atoms with Crippen LogP contribution in [-0.2, 0) is 4.79 Å². The zero-order valence-electron chi connectivity index (χ0n) is 12.7. The molecular weight excluding hydrogens is 271 g/mol. The van der Waals surface area contributed by atoms with Crippen molar-refractivity contribution in [2.45, 2.75) is 40.5 Å². The molecule has 0 saturated carbocycles. The second kappa shape index (κ2) is 6.98. The second-order valence-electron chi connectivity index (χ2n) is 5.74. The van der Waals surface area contributed by atoms with Crippen LogP contribution < -0.4 is 5.32 Å². The number of hydrogen-bond acceptors (Lipinski definition) is 3. The first-order valence-electron chi connectivity index (χ1n) is 6.76. The van der Waals surface area contributed by atoms with Gasteiger partial charge < -0.3 is 5.32 Å². The van der Waals surface area contributed by atoms with E-state index in [0.717, 1.165) is 6.07 Å². The Morgan fingerprint density at radius 2 is 2.05 bits per heavy atom. The third-order valence-electron chi connectivity index (χ3n) is 2.51.